The molecular weight excluding hydrogens is 462 g/mol. The number of carbonyl (C=O) groups excluding carboxylic acids is 1. The molecule has 0 aliphatic carbocycles. The summed E-state index contributed by atoms with van der Waals surface area (Å²) in [4.78, 5) is 16.2. The van der Waals surface area contributed by atoms with Gasteiger partial charge in [0.2, 0.25) is 0 Å². The number of amides is 1. The van der Waals surface area contributed by atoms with Crippen LogP contribution in [0.2, 0.25) is 0 Å². The normalized spacial score (nSPS) is 14.2. The van der Waals surface area contributed by atoms with E-state index in [0.717, 1.165) is 36.4 Å². The zero-order chi connectivity index (χ0) is 26.2. The van der Waals surface area contributed by atoms with Crippen molar-refractivity contribution >= 4 is 29.5 Å². The highest BCUT2D eigenvalue weighted by Crippen LogP contribution is 2.31. The standard InChI is InChI=1S/C17H25N3O2S.C10H14O2/c1-17(2,3)22-16(21)20-10-8-19(9-11-20)12-14-4-6-15(7-5-14)18-13-23;1-6(2)8-4-7(3)9(11)5-10(8)12/h4-7,13H,8-12H2,1-3H3,(H,18,23);4-6,11-12H,1-3H3. The summed E-state index contributed by atoms with van der Waals surface area (Å²) >= 11 is 4.78. The molecule has 0 bridgehead atoms. The Hall–Kier alpha value is -2.84. The van der Waals surface area contributed by atoms with E-state index in [-0.39, 0.29) is 23.5 Å². The lowest BCUT2D eigenvalue weighted by atomic mass is 9.99. The molecule has 3 rings (SSSR count). The van der Waals surface area contributed by atoms with Crippen molar-refractivity contribution in [3.05, 3.63) is 53.1 Å². The van der Waals surface area contributed by atoms with Gasteiger partial charge >= 0.3 is 6.09 Å². The van der Waals surface area contributed by atoms with E-state index < -0.39 is 5.60 Å². The highest BCUT2D eigenvalue weighted by atomic mass is 32.1. The van der Waals surface area contributed by atoms with Crippen molar-refractivity contribution < 1.29 is 19.7 Å². The number of thiocarbonyl (C=S) groups is 1. The van der Waals surface area contributed by atoms with E-state index in [1.807, 2.05) is 59.7 Å². The topological polar surface area (TPSA) is 85.3 Å². The zero-order valence-corrected chi connectivity index (χ0v) is 22.5. The second-order valence-corrected chi connectivity index (χ2v) is 10.3. The van der Waals surface area contributed by atoms with Gasteiger partial charge in [0, 0.05) is 44.5 Å². The highest BCUT2D eigenvalue weighted by Gasteiger charge is 2.25. The van der Waals surface area contributed by atoms with Crippen molar-refractivity contribution in [1.29, 1.82) is 0 Å². The zero-order valence-electron chi connectivity index (χ0n) is 21.7. The fourth-order valence-electron chi connectivity index (χ4n) is 3.62. The molecule has 1 aliphatic heterocycles. The predicted octanol–water partition coefficient (Wildman–Crippen LogP) is 5.64. The molecule has 2 aromatic rings. The van der Waals surface area contributed by atoms with Crippen LogP contribution in [0.5, 0.6) is 11.5 Å². The Balaban J connectivity index is 0.000000303. The first-order valence-electron chi connectivity index (χ1n) is 11.9. The first-order valence-corrected chi connectivity index (χ1v) is 12.4. The van der Waals surface area contributed by atoms with Crippen LogP contribution in [0.4, 0.5) is 10.5 Å². The summed E-state index contributed by atoms with van der Waals surface area (Å²) in [6.45, 7) is 15.5. The van der Waals surface area contributed by atoms with Gasteiger partial charge in [-0.1, -0.05) is 38.2 Å². The summed E-state index contributed by atoms with van der Waals surface area (Å²) in [6, 6.07) is 11.5. The van der Waals surface area contributed by atoms with Gasteiger partial charge in [-0.2, -0.15) is 0 Å². The van der Waals surface area contributed by atoms with Crippen LogP contribution in [0.15, 0.2) is 36.4 Å². The molecule has 35 heavy (non-hydrogen) atoms. The van der Waals surface area contributed by atoms with Crippen LogP contribution in [0.3, 0.4) is 0 Å². The number of anilines is 1. The number of benzene rings is 2. The van der Waals surface area contributed by atoms with Crippen LogP contribution in [-0.2, 0) is 11.3 Å². The quantitative estimate of drug-likeness (QED) is 0.457. The Bertz CT molecular complexity index is 979. The van der Waals surface area contributed by atoms with Gasteiger partial charge in [0.05, 0.1) is 5.49 Å². The Morgan fingerprint density at radius 1 is 1.09 bits per heavy atom. The average Bonchev–Trinajstić information content (AvgIpc) is 2.77. The molecule has 1 heterocycles. The number of hydrogen-bond acceptors (Lipinski definition) is 6. The van der Waals surface area contributed by atoms with Gasteiger partial charge < -0.3 is 25.2 Å². The van der Waals surface area contributed by atoms with Crippen LogP contribution < -0.4 is 5.32 Å². The molecule has 0 atom stereocenters. The van der Waals surface area contributed by atoms with Crippen LogP contribution in [0, 0.1) is 6.92 Å². The number of ether oxygens (including phenoxy) is 1. The highest BCUT2D eigenvalue weighted by molar-refractivity contribution is 7.79. The van der Waals surface area contributed by atoms with Crippen molar-refractivity contribution in [2.75, 3.05) is 31.5 Å². The molecular formula is C27H39N3O4S. The number of hydrogen-bond donors (Lipinski definition) is 3. The summed E-state index contributed by atoms with van der Waals surface area (Å²) in [7, 11) is 0. The van der Waals surface area contributed by atoms with Crippen LogP contribution in [0.1, 0.15) is 57.2 Å². The van der Waals surface area contributed by atoms with Gasteiger partial charge in [-0.15, -0.1) is 0 Å². The minimum atomic E-state index is -0.438. The summed E-state index contributed by atoms with van der Waals surface area (Å²) in [6.07, 6.45) is -0.215. The minimum absolute atomic E-state index is 0.150. The molecule has 0 unspecified atom stereocenters. The molecule has 192 valence electrons. The second-order valence-electron chi connectivity index (χ2n) is 10.1. The molecule has 1 amide bonds. The Morgan fingerprint density at radius 2 is 1.69 bits per heavy atom. The van der Waals surface area contributed by atoms with E-state index in [2.05, 4.69) is 22.3 Å². The van der Waals surface area contributed by atoms with Crippen LogP contribution >= 0.6 is 12.2 Å². The van der Waals surface area contributed by atoms with Crippen molar-refractivity contribution in [1.82, 2.24) is 9.80 Å². The molecule has 1 saturated heterocycles. The molecule has 1 aliphatic rings. The number of rotatable bonds is 5. The van der Waals surface area contributed by atoms with Gasteiger partial charge in [0.1, 0.15) is 17.1 Å². The lowest BCUT2D eigenvalue weighted by Crippen LogP contribution is -2.49. The number of aryl methyl sites for hydroxylation is 1. The molecule has 2 aromatic carbocycles. The van der Waals surface area contributed by atoms with Gasteiger partial charge in [0.25, 0.3) is 0 Å². The molecule has 0 spiro atoms. The molecule has 3 N–H and O–H groups in total. The number of carbonyl (C=O) groups is 1. The number of nitrogens with one attached hydrogen (secondary N) is 1. The minimum Gasteiger partial charge on any atom is -0.508 e. The van der Waals surface area contributed by atoms with Crippen LogP contribution in [-0.4, -0.2) is 63.4 Å². The smallest absolute Gasteiger partial charge is 0.410 e. The van der Waals surface area contributed by atoms with Crippen molar-refractivity contribution in [2.45, 2.75) is 59.6 Å². The van der Waals surface area contributed by atoms with Gasteiger partial charge in [-0.3, -0.25) is 4.90 Å². The lowest BCUT2D eigenvalue weighted by Gasteiger charge is -2.35. The largest absolute Gasteiger partial charge is 0.508 e. The number of piperazine rings is 1. The van der Waals surface area contributed by atoms with Crippen molar-refractivity contribution in [2.24, 2.45) is 0 Å². The monoisotopic (exact) mass is 501 g/mol. The van der Waals surface area contributed by atoms with E-state index in [0.29, 0.717) is 13.1 Å². The Morgan fingerprint density at radius 3 is 2.20 bits per heavy atom. The maximum absolute atomic E-state index is 12.0. The first-order chi connectivity index (χ1) is 16.4. The van der Waals surface area contributed by atoms with Gasteiger partial charge in [0.15, 0.2) is 0 Å². The third-order valence-electron chi connectivity index (χ3n) is 5.58. The number of aromatic hydroxyl groups is 2. The third kappa shape index (κ3) is 9.38. The van der Waals surface area contributed by atoms with Gasteiger partial charge in [-0.05, 0) is 68.5 Å². The summed E-state index contributed by atoms with van der Waals surface area (Å²) < 4.78 is 5.42. The molecule has 8 heteroatoms. The fraction of sp³-hybridized carbons (Fsp3) is 0.481. The molecule has 7 nitrogen and oxygen atoms in total. The molecule has 0 radical (unpaired) electrons. The number of phenols is 2. The first kappa shape index (κ1) is 28.4. The van der Waals surface area contributed by atoms with E-state index in [9.17, 15) is 15.0 Å². The van der Waals surface area contributed by atoms with Crippen molar-refractivity contribution in [3.63, 3.8) is 0 Å². The summed E-state index contributed by atoms with van der Waals surface area (Å²) in [5, 5.41) is 21.7. The maximum atomic E-state index is 12.0. The lowest BCUT2D eigenvalue weighted by molar-refractivity contribution is 0.0139. The summed E-state index contributed by atoms with van der Waals surface area (Å²) in [5.41, 5.74) is 5.00. The fourth-order valence-corrected chi connectivity index (χ4v) is 3.75. The predicted molar refractivity (Wildman–Crippen MR) is 145 cm³/mol. The molecule has 0 aromatic heterocycles. The van der Waals surface area contributed by atoms with E-state index in [1.165, 1.54) is 17.1 Å². The maximum Gasteiger partial charge on any atom is 0.410 e. The van der Waals surface area contributed by atoms with E-state index in [1.54, 1.807) is 4.90 Å². The number of nitrogens with zero attached hydrogens (tertiary/aromatic N) is 2. The average molecular weight is 502 g/mol. The van der Waals surface area contributed by atoms with Crippen LogP contribution in [0.25, 0.3) is 0 Å². The third-order valence-corrected chi connectivity index (χ3v) is 5.69. The Labute approximate surface area is 214 Å². The second kappa shape index (κ2) is 12.7. The molecule has 0 saturated carbocycles. The molecule has 1 fully saturated rings. The Kier molecular flexibility index (Phi) is 10.3. The summed E-state index contributed by atoms with van der Waals surface area (Å²) in [5.74, 6) is 0.606. The van der Waals surface area contributed by atoms with Gasteiger partial charge in [-0.25, -0.2) is 4.79 Å². The number of phenolic OH excluding ortho intramolecular Hbond substituents is 2. The van der Waals surface area contributed by atoms with E-state index >= 15 is 0 Å². The van der Waals surface area contributed by atoms with Crippen molar-refractivity contribution in [3.8, 4) is 11.5 Å². The SMILES string of the molecule is CC(C)(C)OC(=O)N1CCN(Cc2ccc(NC=S)cc2)CC1.Cc1cc(C(C)C)c(O)cc1O. The van der Waals surface area contributed by atoms with E-state index in [4.69, 9.17) is 17.0 Å².